The first-order valence-electron chi connectivity index (χ1n) is 10.3. The van der Waals surface area contributed by atoms with E-state index in [1.54, 1.807) is 4.68 Å². The van der Waals surface area contributed by atoms with Crippen LogP contribution >= 0.6 is 11.8 Å². The number of tetrazole rings is 1. The Morgan fingerprint density at radius 2 is 1.93 bits per heavy atom. The normalized spacial score (nSPS) is 14.9. The summed E-state index contributed by atoms with van der Waals surface area (Å²) in [6, 6.07) is 12.1. The molecule has 0 atom stereocenters. The van der Waals surface area contributed by atoms with Gasteiger partial charge in [0.2, 0.25) is 11.1 Å². The van der Waals surface area contributed by atoms with E-state index < -0.39 is 0 Å². The van der Waals surface area contributed by atoms with Crippen molar-refractivity contribution < 1.29 is 4.79 Å². The van der Waals surface area contributed by atoms with Crippen molar-refractivity contribution in [1.29, 1.82) is 0 Å². The summed E-state index contributed by atoms with van der Waals surface area (Å²) in [5, 5.41) is 20.5. The molecule has 9 heteroatoms. The third-order valence-corrected chi connectivity index (χ3v) is 6.15. The highest BCUT2D eigenvalue weighted by atomic mass is 32.2. The van der Waals surface area contributed by atoms with Crippen LogP contribution in [0.15, 0.2) is 41.6 Å². The fourth-order valence-electron chi connectivity index (χ4n) is 3.57. The molecule has 1 aromatic carbocycles. The summed E-state index contributed by atoms with van der Waals surface area (Å²) >= 11 is 1.37. The molecular formula is C21H27N7OS. The molecule has 0 radical (unpaired) electrons. The van der Waals surface area contributed by atoms with Crippen molar-refractivity contribution in [3.8, 4) is 5.69 Å². The maximum atomic E-state index is 12.7. The van der Waals surface area contributed by atoms with E-state index in [9.17, 15) is 4.79 Å². The molecule has 0 aliphatic heterocycles. The zero-order valence-corrected chi connectivity index (χ0v) is 18.4. The lowest BCUT2D eigenvalue weighted by molar-refractivity contribution is -0.113. The molecule has 0 saturated heterocycles. The third-order valence-electron chi connectivity index (χ3n) is 5.21. The number of para-hydroxylation sites is 1. The fourth-order valence-corrected chi connectivity index (χ4v) is 4.31. The van der Waals surface area contributed by atoms with Gasteiger partial charge in [-0.3, -0.25) is 4.79 Å². The Morgan fingerprint density at radius 3 is 2.63 bits per heavy atom. The minimum Gasteiger partial charge on any atom is -0.310 e. The fraction of sp³-hybridized carbons (Fsp3) is 0.476. The number of amides is 1. The zero-order chi connectivity index (χ0) is 21.1. The summed E-state index contributed by atoms with van der Waals surface area (Å²) in [5.74, 6) is 0.781. The molecule has 8 nitrogen and oxygen atoms in total. The van der Waals surface area contributed by atoms with Crippen molar-refractivity contribution in [1.82, 2.24) is 30.0 Å². The second-order valence-electron chi connectivity index (χ2n) is 8.59. The minimum absolute atomic E-state index is 0.112. The van der Waals surface area contributed by atoms with Crippen LogP contribution in [0.4, 0.5) is 5.82 Å². The summed E-state index contributed by atoms with van der Waals surface area (Å²) in [7, 11) is 0. The zero-order valence-electron chi connectivity index (χ0n) is 17.6. The highest BCUT2D eigenvalue weighted by molar-refractivity contribution is 7.99. The minimum atomic E-state index is -0.127. The van der Waals surface area contributed by atoms with Gasteiger partial charge in [-0.25, -0.2) is 9.36 Å². The monoisotopic (exact) mass is 425 g/mol. The van der Waals surface area contributed by atoms with Crippen LogP contribution < -0.4 is 5.32 Å². The first-order chi connectivity index (χ1) is 14.4. The van der Waals surface area contributed by atoms with E-state index in [1.807, 2.05) is 41.1 Å². The lowest BCUT2D eigenvalue weighted by Gasteiger charge is -2.14. The van der Waals surface area contributed by atoms with Crippen LogP contribution in [0.2, 0.25) is 0 Å². The second-order valence-corrected chi connectivity index (χ2v) is 9.54. The van der Waals surface area contributed by atoms with E-state index >= 15 is 0 Å². The molecule has 4 rings (SSSR count). The largest absolute Gasteiger partial charge is 0.310 e. The molecule has 1 N–H and O–H groups in total. The molecule has 0 bridgehead atoms. The molecule has 1 saturated carbocycles. The van der Waals surface area contributed by atoms with Gasteiger partial charge in [-0.2, -0.15) is 5.10 Å². The van der Waals surface area contributed by atoms with Crippen LogP contribution in [0, 0.1) is 0 Å². The van der Waals surface area contributed by atoms with Crippen LogP contribution in [0.5, 0.6) is 0 Å². The molecular weight excluding hydrogens is 398 g/mol. The maximum Gasteiger partial charge on any atom is 0.236 e. The van der Waals surface area contributed by atoms with Crippen molar-refractivity contribution in [3.63, 3.8) is 0 Å². The van der Waals surface area contributed by atoms with Crippen molar-refractivity contribution in [2.75, 3.05) is 11.1 Å². The molecule has 1 amide bonds. The summed E-state index contributed by atoms with van der Waals surface area (Å²) < 4.78 is 3.66. The van der Waals surface area contributed by atoms with Gasteiger partial charge in [-0.15, -0.1) is 5.10 Å². The average molecular weight is 426 g/mol. The number of benzene rings is 1. The van der Waals surface area contributed by atoms with Gasteiger partial charge in [0.05, 0.1) is 23.2 Å². The molecule has 30 heavy (non-hydrogen) atoms. The first kappa shape index (κ1) is 20.6. The van der Waals surface area contributed by atoms with E-state index in [1.165, 1.54) is 24.6 Å². The molecule has 1 aliphatic carbocycles. The number of carbonyl (C=O) groups is 1. The number of thioether (sulfide) groups is 1. The van der Waals surface area contributed by atoms with Crippen LogP contribution in [-0.2, 0) is 10.2 Å². The Labute approximate surface area is 180 Å². The average Bonchev–Trinajstić information content (AvgIpc) is 3.46. The third kappa shape index (κ3) is 4.56. The Morgan fingerprint density at radius 1 is 1.20 bits per heavy atom. The molecule has 158 valence electrons. The molecule has 0 unspecified atom stereocenters. The lowest BCUT2D eigenvalue weighted by atomic mass is 9.92. The molecule has 1 aliphatic rings. The molecule has 2 heterocycles. The SMILES string of the molecule is CC(C)(C)c1cc(NC(=O)CSc2nnnn2C2CCCC2)n(-c2ccccc2)n1. The number of rotatable bonds is 6. The smallest absolute Gasteiger partial charge is 0.236 e. The summed E-state index contributed by atoms with van der Waals surface area (Å²) in [6.07, 6.45) is 4.59. The van der Waals surface area contributed by atoms with Gasteiger partial charge < -0.3 is 5.32 Å². The Balaban J connectivity index is 1.48. The molecule has 3 aromatic rings. The summed E-state index contributed by atoms with van der Waals surface area (Å²) in [6.45, 7) is 6.32. The highest BCUT2D eigenvalue weighted by Gasteiger charge is 2.23. The van der Waals surface area contributed by atoms with Crippen LogP contribution in [-0.4, -0.2) is 41.6 Å². The Bertz CT molecular complexity index is 1000. The summed E-state index contributed by atoms with van der Waals surface area (Å²) in [4.78, 5) is 12.7. The first-order valence-corrected chi connectivity index (χ1v) is 11.3. The van der Waals surface area contributed by atoms with Gasteiger partial charge in [0.1, 0.15) is 5.82 Å². The number of aromatic nitrogens is 6. The Hall–Kier alpha value is -2.68. The van der Waals surface area contributed by atoms with Crippen molar-refractivity contribution in [2.24, 2.45) is 0 Å². The number of anilines is 1. The summed E-state index contributed by atoms with van der Waals surface area (Å²) in [5.41, 5.74) is 1.69. The van der Waals surface area contributed by atoms with Crippen molar-refractivity contribution >= 4 is 23.5 Å². The van der Waals surface area contributed by atoms with E-state index in [2.05, 4.69) is 41.6 Å². The van der Waals surface area contributed by atoms with E-state index in [0.29, 0.717) is 17.0 Å². The van der Waals surface area contributed by atoms with E-state index in [-0.39, 0.29) is 17.1 Å². The topological polar surface area (TPSA) is 90.5 Å². The predicted molar refractivity (Wildman–Crippen MR) is 117 cm³/mol. The maximum absolute atomic E-state index is 12.7. The number of hydrogen-bond donors (Lipinski definition) is 1. The molecule has 2 aromatic heterocycles. The standard InChI is InChI=1S/C21H27N7OS/c1-21(2,3)17-13-18(27(24-17)15-9-5-4-6-10-15)22-19(29)14-30-20-23-25-26-28(20)16-11-7-8-12-16/h4-6,9-10,13,16H,7-8,11-12,14H2,1-3H3,(H,22,29). The molecule has 1 fully saturated rings. The second kappa shape index (κ2) is 8.59. The lowest BCUT2D eigenvalue weighted by Crippen LogP contribution is -2.17. The number of carbonyl (C=O) groups excluding carboxylic acids is 1. The van der Waals surface area contributed by atoms with Gasteiger partial charge in [0, 0.05) is 11.5 Å². The number of nitrogens with zero attached hydrogens (tertiary/aromatic N) is 6. The van der Waals surface area contributed by atoms with Crippen LogP contribution in [0.1, 0.15) is 58.2 Å². The predicted octanol–water partition coefficient (Wildman–Crippen LogP) is 4.00. The number of nitrogens with one attached hydrogen (secondary N) is 1. The van der Waals surface area contributed by atoms with E-state index in [0.717, 1.165) is 24.2 Å². The molecule has 0 spiro atoms. The van der Waals surface area contributed by atoms with Gasteiger partial charge in [0.25, 0.3) is 0 Å². The van der Waals surface area contributed by atoms with Crippen LogP contribution in [0.25, 0.3) is 5.69 Å². The van der Waals surface area contributed by atoms with Gasteiger partial charge in [0.15, 0.2) is 0 Å². The van der Waals surface area contributed by atoms with Gasteiger partial charge in [-0.05, 0) is 35.4 Å². The van der Waals surface area contributed by atoms with Crippen molar-refractivity contribution in [3.05, 3.63) is 42.1 Å². The Kier molecular flexibility index (Phi) is 5.90. The van der Waals surface area contributed by atoms with Crippen molar-refractivity contribution in [2.45, 2.75) is 63.1 Å². The van der Waals surface area contributed by atoms with E-state index in [4.69, 9.17) is 5.10 Å². The van der Waals surface area contributed by atoms with Gasteiger partial charge >= 0.3 is 0 Å². The quantitative estimate of drug-likeness (QED) is 0.600. The van der Waals surface area contributed by atoms with Crippen LogP contribution in [0.3, 0.4) is 0 Å². The highest BCUT2D eigenvalue weighted by Crippen LogP contribution is 2.31. The van der Waals surface area contributed by atoms with Gasteiger partial charge in [-0.1, -0.05) is 63.6 Å². The number of hydrogen-bond acceptors (Lipinski definition) is 6.